The smallest absolute Gasteiger partial charge is 0.317 e. The van der Waals surface area contributed by atoms with E-state index in [1.165, 1.54) is 19.3 Å². The summed E-state index contributed by atoms with van der Waals surface area (Å²) in [5, 5.41) is 3.16. The van der Waals surface area contributed by atoms with Gasteiger partial charge < -0.3 is 24.9 Å². The second-order valence-electron chi connectivity index (χ2n) is 9.03. The van der Waals surface area contributed by atoms with E-state index in [-0.39, 0.29) is 24.4 Å². The first-order valence-electron chi connectivity index (χ1n) is 11.8. The molecule has 0 unspecified atom stereocenters. The molecule has 2 aromatic rings. The van der Waals surface area contributed by atoms with Gasteiger partial charge in [-0.05, 0) is 38.0 Å². The molecule has 1 aliphatic carbocycles. The molecule has 1 saturated heterocycles. The number of aromatic nitrogens is 1. The molecule has 0 spiro atoms. The zero-order valence-electron chi connectivity index (χ0n) is 19.2. The number of nitrogens with one attached hydrogen (secondary N) is 1. The Kier molecular flexibility index (Phi) is 7.17. The molecule has 0 aromatic carbocycles. The number of primary amides is 1. The van der Waals surface area contributed by atoms with Gasteiger partial charge in [0.05, 0.1) is 30.6 Å². The fourth-order valence-electron chi connectivity index (χ4n) is 4.79. The predicted molar refractivity (Wildman–Crippen MR) is 123 cm³/mol. The van der Waals surface area contributed by atoms with Crippen LogP contribution in [0.15, 0.2) is 28.9 Å². The third-order valence-electron chi connectivity index (χ3n) is 6.77. The van der Waals surface area contributed by atoms with Gasteiger partial charge in [0.2, 0.25) is 0 Å². The molecule has 1 saturated carbocycles. The van der Waals surface area contributed by atoms with Crippen molar-refractivity contribution in [2.45, 2.75) is 51.6 Å². The molecule has 3 heterocycles. The Morgan fingerprint density at radius 2 is 1.85 bits per heavy atom. The number of piperazine rings is 1. The van der Waals surface area contributed by atoms with E-state index in [2.05, 4.69) is 10.2 Å². The molecule has 0 radical (unpaired) electrons. The number of ketones is 1. The average molecular weight is 456 g/mol. The Morgan fingerprint density at radius 1 is 1.12 bits per heavy atom. The Labute approximate surface area is 193 Å². The summed E-state index contributed by atoms with van der Waals surface area (Å²) in [6, 6.07) is 5.48. The van der Waals surface area contributed by atoms with Gasteiger partial charge in [0.1, 0.15) is 5.76 Å². The Hall–Kier alpha value is -3.07. The Balaban J connectivity index is 1.36. The van der Waals surface area contributed by atoms with E-state index >= 15 is 0 Å². The van der Waals surface area contributed by atoms with Crippen molar-refractivity contribution in [2.75, 3.05) is 32.7 Å². The van der Waals surface area contributed by atoms with E-state index in [1.54, 1.807) is 29.9 Å². The van der Waals surface area contributed by atoms with Crippen LogP contribution in [-0.2, 0) is 6.54 Å². The van der Waals surface area contributed by atoms with Crippen molar-refractivity contribution < 1.29 is 18.8 Å². The summed E-state index contributed by atoms with van der Waals surface area (Å²) in [5.41, 5.74) is 6.95. The molecule has 9 heteroatoms. The van der Waals surface area contributed by atoms with Crippen LogP contribution in [0.4, 0.5) is 4.79 Å². The number of Topliss-reactive ketones (excluding diaryl/α,β-unsaturated/α-hetero) is 1. The summed E-state index contributed by atoms with van der Waals surface area (Å²) in [5.74, 6) is 0.0472. The van der Waals surface area contributed by atoms with Crippen LogP contribution in [0.1, 0.15) is 64.4 Å². The second kappa shape index (κ2) is 10.2. The fourth-order valence-corrected chi connectivity index (χ4v) is 4.79. The SMILES string of the molecule is Cc1c(C(N)=O)cc(C(=O)CN2CCN(C(=O)NC3CCCCC3)CC2)n1Cc1ccco1. The largest absolute Gasteiger partial charge is 0.467 e. The van der Waals surface area contributed by atoms with Gasteiger partial charge >= 0.3 is 6.03 Å². The molecular weight excluding hydrogens is 422 g/mol. The number of urea groups is 1. The van der Waals surface area contributed by atoms with Crippen molar-refractivity contribution in [3.8, 4) is 0 Å². The lowest BCUT2D eigenvalue weighted by Gasteiger charge is -2.35. The number of carbonyl (C=O) groups excluding carboxylic acids is 3. The van der Waals surface area contributed by atoms with Crippen LogP contribution >= 0.6 is 0 Å². The number of rotatable bonds is 7. The number of carbonyl (C=O) groups is 3. The van der Waals surface area contributed by atoms with Gasteiger partial charge in [-0.2, -0.15) is 0 Å². The van der Waals surface area contributed by atoms with Gasteiger partial charge in [-0.3, -0.25) is 14.5 Å². The minimum absolute atomic E-state index is 0.00178. The van der Waals surface area contributed by atoms with Crippen molar-refractivity contribution in [1.82, 2.24) is 19.7 Å². The van der Waals surface area contributed by atoms with Crippen molar-refractivity contribution in [3.05, 3.63) is 47.2 Å². The minimum Gasteiger partial charge on any atom is -0.467 e. The van der Waals surface area contributed by atoms with Crippen molar-refractivity contribution in [2.24, 2.45) is 5.73 Å². The summed E-state index contributed by atoms with van der Waals surface area (Å²) in [6.07, 6.45) is 7.31. The van der Waals surface area contributed by atoms with Crippen molar-refractivity contribution in [1.29, 1.82) is 0 Å². The second-order valence-corrected chi connectivity index (χ2v) is 9.03. The number of nitrogens with two attached hydrogens (primary N) is 1. The molecule has 9 nitrogen and oxygen atoms in total. The van der Waals surface area contributed by atoms with Crippen LogP contribution in [-0.4, -0.2) is 70.9 Å². The maximum absolute atomic E-state index is 13.2. The van der Waals surface area contributed by atoms with Crippen LogP contribution in [0.25, 0.3) is 0 Å². The first-order chi connectivity index (χ1) is 15.9. The highest BCUT2D eigenvalue weighted by atomic mass is 16.3. The van der Waals surface area contributed by atoms with Crippen LogP contribution < -0.4 is 11.1 Å². The molecule has 2 fully saturated rings. The number of hydrogen-bond acceptors (Lipinski definition) is 5. The normalized spacial score (nSPS) is 17.8. The van der Waals surface area contributed by atoms with Gasteiger partial charge in [0.25, 0.3) is 5.91 Å². The monoisotopic (exact) mass is 455 g/mol. The van der Waals surface area contributed by atoms with E-state index in [0.717, 1.165) is 12.8 Å². The van der Waals surface area contributed by atoms with Gasteiger partial charge in [-0.25, -0.2) is 4.79 Å². The quantitative estimate of drug-likeness (QED) is 0.622. The maximum Gasteiger partial charge on any atom is 0.317 e. The molecule has 3 N–H and O–H groups in total. The standard InChI is InChI=1S/C24H33N5O4/c1-17-20(23(25)31)14-21(29(17)15-19-8-5-13-33-19)22(30)16-27-9-11-28(12-10-27)24(32)26-18-6-3-2-4-7-18/h5,8,13-14,18H,2-4,6-7,9-12,15-16H2,1H3,(H2,25,31)(H,26,32). The lowest BCUT2D eigenvalue weighted by molar-refractivity contribution is 0.0867. The summed E-state index contributed by atoms with van der Waals surface area (Å²) < 4.78 is 7.22. The van der Waals surface area contributed by atoms with E-state index in [9.17, 15) is 14.4 Å². The Bertz CT molecular complexity index is 983. The molecule has 3 amide bonds. The van der Waals surface area contributed by atoms with E-state index in [0.29, 0.717) is 55.4 Å². The molecule has 33 heavy (non-hydrogen) atoms. The third kappa shape index (κ3) is 5.47. The van der Waals surface area contributed by atoms with Crippen molar-refractivity contribution >= 4 is 17.7 Å². The first-order valence-corrected chi connectivity index (χ1v) is 11.8. The number of furan rings is 1. The van der Waals surface area contributed by atoms with E-state index < -0.39 is 5.91 Å². The van der Waals surface area contributed by atoms with Crippen molar-refractivity contribution in [3.63, 3.8) is 0 Å². The number of hydrogen-bond donors (Lipinski definition) is 2. The van der Waals surface area contributed by atoms with Crippen LogP contribution in [0.2, 0.25) is 0 Å². The highest BCUT2D eigenvalue weighted by molar-refractivity contribution is 6.01. The zero-order chi connectivity index (χ0) is 23.4. The molecule has 1 aliphatic heterocycles. The zero-order valence-corrected chi connectivity index (χ0v) is 19.2. The lowest BCUT2D eigenvalue weighted by atomic mass is 9.96. The molecular formula is C24H33N5O4. The molecule has 4 rings (SSSR count). The minimum atomic E-state index is -0.558. The van der Waals surface area contributed by atoms with Gasteiger partial charge in [-0.15, -0.1) is 0 Å². The average Bonchev–Trinajstić information content (AvgIpc) is 3.43. The van der Waals surface area contributed by atoms with E-state index in [1.807, 2.05) is 11.0 Å². The highest BCUT2D eigenvalue weighted by Crippen LogP contribution is 2.20. The van der Waals surface area contributed by atoms with Gasteiger partial charge in [-0.1, -0.05) is 19.3 Å². The van der Waals surface area contributed by atoms with Crippen LogP contribution in [0.3, 0.4) is 0 Å². The molecule has 178 valence electrons. The van der Waals surface area contributed by atoms with Gasteiger partial charge in [0.15, 0.2) is 5.78 Å². The maximum atomic E-state index is 13.2. The fraction of sp³-hybridized carbons (Fsp3) is 0.542. The summed E-state index contributed by atoms with van der Waals surface area (Å²) in [6.45, 7) is 4.79. The lowest BCUT2D eigenvalue weighted by Crippen LogP contribution is -2.54. The molecule has 2 aromatic heterocycles. The summed E-state index contributed by atoms with van der Waals surface area (Å²) >= 11 is 0. The Morgan fingerprint density at radius 3 is 2.48 bits per heavy atom. The topological polar surface area (TPSA) is 114 Å². The molecule has 0 bridgehead atoms. The van der Waals surface area contributed by atoms with Gasteiger partial charge in [0, 0.05) is 37.9 Å². The predicted octanol–water partition coefficient (Wildman–Crippen LogP) is 2.38. The summed E-state index contributed by atoms with van der Waals surface area (Å²) in [4.78, 5) is 41.5. The first kappa shape index (κ1) is 23.1. The highest BCUT2D eigenvalue weighted by Gasteiger charge is 2.27. The third-order valence-corrected chi connectivity index (χ3v) is 6.77. The molecule has 0 atom stereocenters. The molecule has 2 aliphatic rings. The van der Waals surface area contributed by atoms with E-state index in [4.69, 9.17) is 10.2 Å². The number of nitrogens with zero attached hydrogens (tertiary/aromatic N) is 3. The number of amides is 3. The van der Waals surface area contributed by atoms with Crippen LogP contribution in [0, 0.1) is 6.92 Å². The summed E-state index contributed by atoms with van der Waals surface area (Å²) in [7, 11) is 0. The van der Waals surface area contributed by atoms with Crippen LogP contribution in [0.5, 0.6) is 0 Å².